The van der Waals surface area contributed by atoms with Crippen LogP contribution in [0, 0.1) is 0 Å². The lowest BCUT2D eigenvalue weighted by atomic mass is 10.3. The standard InChI is InChI=1S/C13H23N3O5/c1-15(6-10(17)9-21-2)7-11(18)14-12(19)8-16-5-3-4-13(16)20/h10,17H,3-9H2,1-2H3,(H,14,18,19). The Labute approximate surface area is 124 Å². The second-order valence-electron chi connectivity index (χ2n) is 5.20. The van der Waals surface area contributed by atoms with Crippen molar-refractivity contribution in [2.24, 2.45) is 0 Å². The van der Waals surface area contributed by atoms with Crippen molar-refractivity contribution < 1.29 is 24.2 Å². The van der Waals surface area contributed by atoms with E-state index in [2.05, 4.69) is 5.32 Å². The van der Waals surface area contributed by atoms with Crippen molar-refractivity contribution in [3.05, 3.63) is 0 Å². The molecule has 120 valence electrons. The fourth-order valence-electron chi connectivity index (χ4n) is 2.19. The van der Waals surface area contributed by atoms with E-state index in [9.17, 15) is 19.5 Å². The van der Waals surface area contributed by atoms with E-state index in [-0.39, 0.29) is 32.1 Å². The second kappa shape index (κ2) is 8.71. The molecule has 1 atom stereocenters. The third-order valence-electron chi connectivity index (χ3n) is 3.08. The number of nitrogens with one attached hydrogen (secondary N) is 1. The zero-order chi connectivity index (χ0) is 15.8. The summed E-state index contributed by atoms with van der Waals surface area (Å²) in [7, 11) is 3.14. The van der Waals surface area contributed by atoms with E-state index in [1.54, 1.807) is 11.9 Å². The fraction of sp³-hybridized carbons (Fsp3) is 0.769. The number of methoxy groups -OCH3 is 1. The minimum Gasteiger partial charge on any atom is -0.389 e. The molecule has 3 amide bonds. The molecule has 8 nitrogen and oxygen atoms in total. The van der Waals surface area contributed by atoms with Crippen LogP contribution in [0.15, 0.2) is 0 Å². The number of carbonyl (C=O) groups is 3. The van der Waals surface area contributed by atoms with Gasteiger partial charge in [0.15, 0.2) is 0 Å². The monoisotopic (exact) mass is 301 g/mol. The molecule has 1 heterocycles. The van der Waals surface area contributed by atoms with Gasteiger partial charge in [-0.2, -0.15) is 0 Å². The number of rotatable bonds is 8. The zero-order valence-corrected chi connectivity index (χ0v) is 12.5. The number of aliphatic hydroxyl groups excluding tert-OH is 1. The van der Waals surface area contributed by atoms with Gasteiger partial charge < -0.3 is 14.7 Å². The molecule has 1 unspecified atom stereocenters. The topological polar surface area (TPSA) is 99.2 Å². The van der Waals surface area contributed by atoms with Crippen molar-refractivity contribution in [2.45, 2.75) is 18.9 Å². The van der Waals surface area contributed by atoms with E-state index < -0.39 is 17.9 Å². The smallest absolute Gasteiger partial charge is 0.246 e. The molecule has 21 heavy (non-hydrogen) atoms. The van der Waals surface area contributed by atoms with Crippen LogP contribution < -0.4 is 5.32 Å². The van der Waals surface area contributed by atoms with E-state index in [0.29, 0.717) is 13.0 Å². The Kier molecular flexibility index (Phi) is 7.27. The maximum atomic E-state index is 11.7. The highest BCUT2D eigenvalue weighted by Crippen LogP contribution is 2.08. The molecule has 1 aliphatic heterocycles. The summed E-state index contributed by atoms with van der Waals surface area (Å²) in [4.78, 5) is 37.7. The number of hydrogen-bond acceptors (Lipinski definition) is 6. The van der Waals surface area contributed by atoms with Gasteiger partial charge in [-0.1, -0.05) is 0 Å². The lowest BCUT2D eigenvalue weighted by Crippen LogP contribution is -2.45. The van der Waals surface area contributed by atoms with E-state index in [4.69, 9.17) is 4.74 Å². The highest BCUT2D eigenvalue weighted by atomic mass is 16.5. The molecular weight excluding hydrogens is 278 g/mol. The van der Waals surface area contributed by atoms with Crippen LogP contribution in [-0.4, -0.2) is 85.7 Å². The second-order valence-corrected chi connectivity index (χ2v) is 5.20. The molecule has 8 heteroatoms. The van der Waals surface area contributed by atoms with Crippen molar-refractivity contribution in [1.82, 2.24) is 15.1 Å². The number of likely N-dealkylation sites (N-methyl/N-ethyl adjacent to an activating group) is 1. The summed E-state index contributed by atoms with van der Waals surface area (Å²) in [6.07, 6.45) is 0.521. The van der Waals surface area contributed by atoms with Crippen LogP contribution in [0.2, 0.25) is 0 Å². The number of carbonyl (C=O) groups excluding carboxylic acids is 3. The van der Waals surface area contributed by atoms with Crippen LogP contribution in [-0.2, 0) is 19.1 Å². The van der Waals surface area contributed by atoms with E-state index in [1.807, 2.05) is 0 Å². The maximum Gasteiger partial charge on any atom is 0.246 e. The van der Waals surface area contributed by atoms with Crippen LogP contribution in [0.1, 0.15) is 12.8 Å². The Morgan fingerprint density at radius 2 is 2.19 bits per heavy atom. The minimum absolute atomic E-state index is 0.0134. The number of imide groups is 1. The molecule has 1 fully saturated rings. The Morgan fingerprint density at radius 3 is 2.76 bits per heavy atom. The highest BCUT2D eigenvalue weighted by molar-refractivity contribution is 5.98. The first-order valence-electron chi connectivity index (χ1n) is 6.88. The first kappa shape index (κ1) is 17.5. The third kappa shape index (κ3) is 6.65. The summed E-state index contributed by atoms with van der Waals surface area (Å²) in [5, 5.41) is 11.8. The van der Waals surface area contributed by atoms with Gasteiger partial charge in [0.1, 0.15) is 0 Å². The Balaban J connectivity index is 2.25. The fourth-order valence-corrected chi connectivity index (χ4v) is 2.19. The predicted molar refractivity (Wildman–Crippen MR) is 74.3 cm³/mol. The number of nitrogens with zero attached hydrogens (tertiary/aromatic N) is 2. The summed E-state index contributed by atoms with van der Waals surface area (Å²) < 4.78 is 4.79. The molecule has 0 radical (unpaired) electrons. The lowest BCUT2D eigenvalue weighted by molar-refractivity contribution is -0.136. The summed E-state index contributed by atoms with van der Waals surface area (Å²) in [6, 6.07) is 0. The predicted octanol–water partition coefficient (Wildman–Crippen LogP) is -1.81. The van der Waals surface area contributed by atoms with Crippen LogP contribution in [0.25, 0.3) is 0 Å². The molecule has 0 aromatic carbocycles. The van der Waals surface area contributed by atoms with Crippen molar-refractivity contribution in [2.75, 3.05) is 46.9 Å². The number of amides is 3. The van der Waals surface area contributed by atoms with E-state index in [1.165, 1.54) is 12.0 Å². The Bertz CT molecular complexity index is 388. The molecule has 1 rings (SSSR count). The van der Waals surface area contributed by atoms with Gasteiger partial charge in [0.05, 0.1) is 25.8 Å². The largest absolute Gasteiger partial charge is 0.389 e. The Morgan fingerprint density at radius 1 is 1.48 bits per heavy atom. The zero-order valence-electron chi connectivity index (χ0n) is 12.5. The summed E-state index contributed by atoms with van der Waals surface area (Å²) in [5.41, 5.74) is 0. The first-order chi connectivity index (χ1) is 9.92. The molecule has 0 saturated carbocycles. The number of aliphatic hydroxyl groups is 1. The van der Waals surface area contributed by atoms with Crippen LogP contribution in [0.3, 0.4) is 0 Å². The maximum absolute atomic E-state index is 11.7. The van der Waals surface area contributed by atoms with Gasteiger partial charge in [0.2, 0.25) is 17.7 Å². The van der Waals surface area contributed by atoms with Crippen molar-refractivity contribution >= 4 is 17.7 Å². The molecule has 0 aromatic heterocycles. The molecular formula is C13H23N3O5. The Hall–Kier alpha value is -1.51. The molecule has 0 bridgehead atoms. The molecule has 2 N–H and O–H groups in total. The van der Waals surface area contributed by atoms with Crippen LogP contribution in [0.5, 0.6) is 0 Å². The third-order valence-corrected chi connectivity index (χ3v) is 3.08. The SMILES string of the molecule is COCC(O)CN(C)CC(=O)NC(=O)CN1CCCC1=O. The van der Waals surface area contributed by atoms with Gasteiger partial charge in [-0.25, -0.2) is 0 Å². The van der Waals surface area contributed by atoms with Crippen molar-refractivity contribution in [3.63, 3.8) is 0 Å². The number of likely N-dealkylation sites (tertiary alicyclic amines) is 1. The summed E-state index contributed by atoms with van der Waals surface area (Å²) >= 11 is 0. The van der Waals surface area contributed by atoms with E-state index >= 15 is 0 Å². The van der Waals surface area contributed by atoms with Gasteiger partial charge >= 0.3 is 0 Å². The highest BCUT2D eigenvalue weighted by Gasteiger charge is 2.23. The number of hydrogen-bond donors (Lipinski definition) is 2. The van der Waals surface area contributed by atoms with Crippen molar-refractivity contribution in [3.8, 4) is 0 Å². The van der Waals surface area contributed by atoms with Gasteiger partial charge in [-0.3, -0.25) is 24.6 Å². The quantitative estimate of drug-likeness (QED) is 0.548. The van der Waals surface area contributed by atoms with E-state index in [0.717, 1.165) is 6.42 Å². The first-order valence-corrected chi connectivity index (χ1v) is 6.88. The normalized spacial score (nSPS) is 16.4. The average molecular weight is 301 g/mol. The van der Waals surface area contributed by atoms with Crippen LogP contribution in [0.4, 0.5) is 0 Å². The molecule has 0 aromatic rings. The lowest BCUT2D eigenvalue weighted by Gasteiger charge is -2.20. The number of ether oxygens (including phenoxy) is 1. The van der Waals surface area contributed by atoms with Crippen LogP contribution >= 0.6 is 0 Å². The van der Waals surface area contributed by atoms with Crippen molar-refractivity contribution in [1.29, 1.82) is 0 Å². The average Bonchev–Trinajstić information content (AvgIpc) is 2.74. The van der Waals surface area contributed by atoms with Gasteiger partial charge in [-0.15, -0.1) is 0 Å². The van der Waals surface area contributed by atoms with Gasteiger partial charge in [0, 0.05) is 26.6 Å². The summed E-state index contributed by atoms with van der Waals surface area (Å²) in [6.45, 7) is 0.909. The van der Waals surface area contributed by atoms with Gasteiger partial charge in [-0.05, 0) is 13.5 Å². The molecule has 0 aliphatic carbocycles. The molecule has 1 saturated heterocycles. The molecule has 1 aliphatic rings. The minimum atomic E-state index is -0.689. The summed E-state index contributed by atoms with van der Waals surface area (Å²) in [5.74, 6) is -1.00. The van der Waals surface area contributed by atoms with Gasteiger partial charge in [0.25, 0.3) is 0 Å². The molecule has 0 spiro atoms.